The van der Waals surface area contributed by atoms with Crippen LogP contribution in [0.15, 0.2) is 24.7 Å². The van der Waals surface area contributed by atoms with Crippen molar-refractivity contribution in [1.82, 2.24) is 14.8 Å². The zero-order valence-electron chi connectivity index (χ0n) is 8.20. The summed E-state index contributed by atoms with van der Waals surface area (Å²) in [6.07, 6.45) is 6.62. The Hall–Kier alpha value is -1.55. The molecule has 0 radical (unpaired) electrons. The van der Waals surface area contributed by atoms with E-state index in [0.717, 1.165) is 6.42 Å². The highest BCUT2D eigenvalue weighted by Gasteiger charge is 2.09. The lowest BCUT2D eigenvalue weighted by atomic mass is 10.1. The molecule has 0 amide bonds. The van der Waals surface area contributed by atoms with Gasteiger partial charge in [-0.2, -0.15) is 5.10 Å². The molecule has 0 bridgehead atoms. The normalized spacial score (nSPS) is 10.7. The fraction of sp³-hybridized carbons (Fsp3) is 0.300. The molecule has 0 saturated carbocycles. The molecule has 0 aliphatic carbocycles. The second-order valence-corrected chi connectivity index (χ2v) is 3.27. The predicted octanol–water partition coefficient (Wildman–Crippen LogP) is 0.916. The van der Waals surface area contributed by atoms with Crippen LogP contribution >= 0.6 is 0 Å². The second kappa shape index (κ2) is 3.67. The van der Waals surface area contributed by atoms with Gasteiger partial charge in [-0.25, -0.2) is 0 Å². The Balaban J connectivity index is 2.43. The van der Waals surface area contributed by atoms with Gasteiger partial charge in [0, 0.05) is 42.7 Å². The summed E-state index contributed by atoms with van der Waals surface area (Å²) in [6, 6.07) is 2.04. The van der Waals surface area contributed by atoms with Crippen LogP contribution in [-0.2, 0) is 13.5 Å². The van der Waals surface area contributed by atoms with Gasteiger partial charge < -0.3 is 10.7 Å². The maximum absolute atomic E-state index is 5.56. The van der Waals surface area contributed by atoms with Crippen molar-refractivity contribution in [2.45, 2.75) is 6.42 Å². The molecule has 74 valence electrons. The smallest absolute Gasteiger partial charge is 0.0571 e. The molecule has 14 heavy (non-hydrogen) atoms. The molecule has 4 heteroatoms. The van der Waals surface area contributed by atoms with Gasteiger partial charge >= 0.3 is 0 Å². The van der Waals surface area contributed by atoms with Crippen molar-refractivity contribution in [2.75, 3.05) is 6.54 Å². The summed E-state index contributed by atoms with van der Waals surface area (Å²) < 4.78 is 1.88. The predicted molar refractivity (Wildman–Crippen MR) is 55.8 cm³/mol. The topological polar surface area (TPSA) is 59.6 Å². The van der Waals surface area contributed by atoms with Crippen LogP contribution in [0.3, 0.4) is 0 Å². The standard InChI is InChI=1S/C10H14N4/c1-14-10(2-4-11)9(7-13-14)8-3-5-12-6-8/h3,5-7,12H,2,4,11H2,1H3. The number of nitrogens with zero attached hydrogens (tertiary/aromatic N) is 2. The molecule has 2 aromatic rings. The maximum Gasteiger partial charge on any atom is 0.0571 e. The summed E-state index contributed by atoms with van der Waals surface area (Å²) in [6.45, 7) is 0.650. The maximum atomic E-state index is 5.56. The lowest BCUT2D eigenvalue weighted by molar-refractivity contribution is 0.707. The van der Waals surface area contributed by atoms with Gasteiger partial charge in [-0.15, -0.1) is 0 Å². The summed E-state index contributed by atoms with van der Waals surface area (Å²) in [4.78, 5) is 3.04. The van der Waals surface area contributed by atoms with E-state index in [0.29, 0.717) is 6.54 Å². The monoisotopic (exact) mass is 190 g/mol. The minimum Gasteiger partial charge on any atom is -0.367 e. The fourth-order valence-corrected chi connectivity index (χ4v) is 1.63. The summed E-state index contributed by atoms with van der Waals surface area (Å²) >= 11 is 0. The molecular weight excluding hydrogens is 176 g/mol. The Labute approximate surface area is 82.7 Å². The van der Waals surface area contributed by atoms with Gasteiger partial charge in [-0.05, 0) is 12.6 Å². The molecule has 2 heterocycles. The molecule has 0 atom stereocenters. The molecule has 0 fully saturated rings. The van der Waals surface area contributed by atoms with Crippen molar-refractivity contribution in [2.24, 2.45) is 12.8 Å². The average Bonchev–Trinajstić information content (AvgIpc) is 2.77. The van der Waals surface area contributed by atoms with Crippen LogP contribution < -0.4 is 5.73 Å². The molecule has 0 unspecified atom stereocenters. The fourth-order valence-electron chi connectivity index (χ4n) is 1.63. The van der Waals surface area contributed by atoms with Gasteiger partial charge in [0.1, 0.15) is 0 Å². The van der Waals surface area contributed by atoms with E-state index in [-0.39, 0.29) is 0 Å². The van der Waals surface area contributed by atoms with Crippen molar-refractivity contribution in [3.05, 3.63) is 30.4 Å². The number of hydrogen-bond donors (Lipinski definition) is 2. The van der Waals surface area contributed by atoms with E-state index in [4.69, 9.17) is 5.73 Å². The molecule has 2 aromatic heterocycles. The molecule has 0 aromatic carbocycles. The van der Waals surface area contributed by atoms with Gasteiger partial charge in [-0.3, -0.25) is 4.68 Å². The largest absolute Gasteiger partial charge is 0.367 e. The number of nitrogens with one attached hydrogen (secondary N) is 1. The van der Waals surface area contributed by atoms with Gasteiger partial charge in [0.2, 0.25) is 0 Å². The van der Waals surface area contributed by atoms with Crippen LogP contribution in [0.2, 0.25) is 0 Å². The number of aromatic amines is 1. The van der Waals surface area contributed by atoms with Gasteiger partial charge in [0.25, 0.3) is 0 Å². The highest BCUT2D eigenvalue weighted by molar-refractivity contribution is 5.64. The van der Waals surface area contributed by atoms with E-state index in [9.17, 15) is 0 Å². The summed E-state index contributed by atoms with van der Waals surface area (Å²) in [5.41, 5.74) is 9.08. The third-order valence-corrected chi connectivity index (χ3v) is 2.35. The number of aromatic nitrogens is 3. The molecule has 0 spiro atoms. The first-order chi connectivity index (χ1) is 6.83. The Bertz CT molecular complexity index is 400. The molecule has 0 aliphatic heterocycles. The summed E-state index contributed by atoms with van der Waals surface area (Å²) in [5.74, 6) is 0. The number of nitrogens with two attached hydrogens (primary N) is 1. The van der Waals surface area contributed by atoms with Crippen LogP contribution in [-0.4, -0.2) is 21.3 Å². The van der Waals surface area contributed by atoms with E-state index >= 15 is 0 Å². The molecule has 4 nitrogen and oxygen atoms in total. The van der Waals surface area contributed by atoms with Crippen molar-refractivity contribution >= 4 is 0 Å². The molecule has 3 N–H and O–H groups in total. The highest BCUT2D eigenvalue weighted by Crippen LogP contribution is 2.22. The lowest BCUT2D eigenvalue weighted by Crippen LogP contribution is -2.08. The van der Waals surface area contributed by atoms with E-state index in [1.165, 1.54) is 16.8 Å². The molecule has 0 aliphatic rings. The number of H-pyrrole nitrogens is 1. The number of rotatable bonds is 3. The minimum atomic E-state index is 0.650. The third kappa shape index (κ3) is 1.44. The van der Waals surface area contributed by atoms with Crippen LogP contribution in [0.4, 0.5) is 0 Å². The van der Waals surface area contributed by atoms with E-state index in [2.05, 4.69) is 10.1 Å². The van der Waals surface area contributed by atoms with Crippen molar-refractivity contribution in [3.63, 3.8) is 0 Å². The zero-order valence-corrected chi connectivity index (χ0v) is 8.20. The van der Waals surface area contributed by atoms with Crippen LogP contribution in [0, 0.1) is 0 Å². The molecule has 0 saturated heterocycles. The van der Waals surface area contributed by atoms with Gasteiger partial charge in [0.15, 0.2) is 0 Å². The van der Waals surface area contributed by atoms with Crippen molar-refractivity contribution in [3.8, 4) is 11.1 Å². The number of hydrogen-bond acceptors (Lipinski definition) is 2. The quantitative estimate of drug-likeness (QED) is 0.756. The molecule has 2 rings (SSSR count). The summed E-state index contributed by atoms with van der Waals surface area (Å²) in [7, 11) is 1.95. The lowest BCUT2D eigenvalue weighted by Gasteiger charge is -2.02. The minimum absolute atomic E-state index is 0.650. The second-order valence-electron chi connectivity index (χ2n) is 3.27. The average molecular weight is 190 g/mol. The van der Waals surface area contributed by atoms with Crippen LogP contribution in [0.25, 0.3) is 11.1 Å². The molecular formula is C10H14N4. The SMILES string of the molecule is Cn1ncc(-c2cc[nH]c2)c1CCN. The first-order valence-corrected chi connectivity index (χ1v) is 4.67. The van der Waals surface area contributed by atoms with Crippen LogP contribution in [0.1, 0.15) is 5.69 Å². The Morgan fingerprint density at radius 3 is 3.07 bits per heavy atom. The Morgan fingerprint density at radius 2 is 2.43 bits per heavy atom. The van der Waals surface area contributed by atoms with Gasteiger partial charge in [0.05, 0.1) is 6.20 Å². The Morgan fingerprint density at radius 1 is 1.57 bits per heavy atom. The summed E-state index contributed by atoms with van der Waals surface area (Å²) in [5, 5.41) is 4.24. The van der Waals surface area contributed by atoms with Crippen molar-refractivity contribution < 1.29 is 0 Å². The Kier molecular flexibility index (Phi) is 2.37. The number of aryl methyl sites for hydroxylation is 1. The first-order valence-electron chi connectivity index (χ1n) is 4.67. The third-order valence-electron chi connectivity index (χ3n) is 2.35. The van der Waals surface area contributed by atoms with E-state index < -0.39 is 0 Å². The van der Waals surface area contributed by atoms with Crippen LogP contribution in [0.5, 0.6) is 0 Å². The zero-order chi connectivity index (χ0) is 9.97. The van der Waals surface area contributed by atoms with Crippen molar-refractivity contribution in [1.29, 1.82) is 0 Å². The van der Waals surface area contributed by atoms with E-state index in [1.807, 2.05) is 36.4 Å². The first kappa shape index (κ1) is 9.02. The van der Waals surface area contributed by atoms with E-state index in [1.54, 1.807) is 0 Å². The van der Waals surface area contributed by atoms with Gasteiger partial charge in [-0.1, -0.05) is 0 Å². The highest BCUT2D eigenvalue weighted by atomic mass is 15.3.